The second-order valence-electron chi connectivity index (χ2n) is 6.68. The van der Waals surface area contributed by atoms with Crippen molar-refractivity contribution in [2.75, 3.05) is 26.2 Å². The lowest BCUT2D eigenvalue weighted by molar-refractivity contribution is -0.384. The van der Waals surface area contributed by atoms with E-state index in [2.05, 4.69) is 18.7 Å². The maximum atomic E-state index is 12.9. The first-order valence-corrected chi connectivity index (χ1v) is 9.68. The molecule has 3 rings (SSSR count). The Morgan fingerprint density at radius 1 is 1.13 bits per heavy atom. The number of benzene rings is 2. The Morgan fingerprint density at radius 2 is 1.83 bits per heavy atom. The van der Waals surface area contributed by atoms with Gasteiger partial charge in [-0.25, -0.2) is 0 Å². The van der Waals surface area contributed by atoms with E-state index in [0.717, 1.165) is 19.6 Å². The van der Waals surface area contributed by atoms with Gasteiger partial charge >= 0.3 is 0 Å². The molecule has 0 aliphatic carbocycles. The lowest BCUT2D eigenvalue weighted by Crippen LogP contribution is -2.27. The molecule has 3 aromatic rings. The largest absolute Gasteiger partial charge is 0.492 e. The number of hydrogen-bond acceptors (Lipinski definition) is 6. The lowest BCUT2D eigenvalue weighted by Gasteiger charge is -2.18. The van der Waals surface area contributed by atoms with Gasteiger partial charge in [0.05, 0.1) is 10.4 Å². The van der Waals surface area contributed by atoms with Gasteiger partial charge in [0.2, 0.25) is 0 Å². The minimum Gasteiger partial charge on any atom is -0.492 e. The molecule has 0 saturated carbocycles. The number of hydrogen-bond donors (Lipinski definition) is 0. The van der Waals surface area contributed by atoms with Crippen molar-refractivity contribution in [2.24, 2.45) is 0 Å². The zero-order valence-electron chi connectivity index (χ0n) is 16.9. The minimum atomic E-state index is -0.502. The molecule has 8 nitrogen and oxygen atoms in total. The van der Waals surface area contributed by atoms with Crippen LogP contribution >= 0.6 is 0 Å². The fourth-order valence-electron chi connectivity index (χ4n) is 3.27. The van der Waals surface area contributed by atoms with Crippen LogP contribution in [0.15, 0.2) is 53.3 Å². The lowest BCUT2D eigenvalue weighted by atomic mass is 10.1. The molecule has 0 aliphatic heterocycles. The summed E-state index contributed by atoms with van der Waals surface area (Å²) in [6, 6.07) is 14.5. The van der Waals surface area contributed by atoms with Crippen LogP contribution in [0, 0.1) is 21.4 Å². The molecule has 0 atom stereocenters. The van der Waals surface area contributed by atoms with Gasteiger partial charge in [-0.3, -0.25) is 19.5 Å². The zero-order valence-corrected chi connectivity index (χ0v) is 16.9. The van der Waals surface area contributed by atoms with Gasteiger partial charge in [0.1, 0.15) is 24.0 Å². The predicted octanol–water partition coefficient (Wildman–Crippen LogP) is 3.49. The van der Waals surface area contributed by atoms with Gasteiger partial charge in [-0.05, 0) is 43.4 Å². The van der Waals surface area contributed by atoms with Crippen molar-refractivity contribution in [3.63, 3.8) is 0 Å². The van der Waals surface area contributed by atoms with E-state index in [1.165, 1.54) is 28.8 Å². The van der Waals surface area contributed by atoms with E-state index in [1.54, 1.807) is 24.3 Å². The van der Waals surface area contributed by atoms with Crippen LogP contribution in [0.5, 0.6) is 5.75 Å². The molecule has 8 heteroatoms. The molecule has 30 heavy (non-hydrogen) atoms. The summed E-state index contributed by atoms with van der Waals surface area (Å²) in [4.78, 5) is 25.6. The molecule has 0 fully saturated rings. The number of fused-ring (bicyclic) bond motifs is 1. The topological polar surface area (TPSA) is 101 Å². The van der Waals surface area contributed by atoms with E-state index >= 15 is 0 Å². The average molecular weight is 406 g/mol. The van der Waals surface area contributed by atoms with Crippen molar-refractivity contribution in [2.45, 2.75) is 13.8 Å². The van der Waals surface area contributed by atoms with Crippen molar-refractivity contribution < 1.29 is 9.66 Å². The Labute approximate surface area is 173 Å². The number of rotatable bonds is 8. The number of nitriles is 1. The van der Waals surface area contributed by atoms with Crippen LogP contribution in [0.3, 0.4) is 0 Å². The highest BCUT2D eigenvalue weighted by molar-refractivity contribution is 5.83. The number of aromatic nitrogens is 1. The van der Waals surface area contributed by atoms with Gasteiger partial charge in [0.25, 0.3) is 11.2 Å². The van der Waals surface area contributed by atoms with Gasteiger partial charge < -0.3 is 9.64 Å². The number of ether oxygens (including phenoxy) is 1. The monoisotopic (exact) mass is 406 g/mol. The molecule has 154 valence electrons. The SMILES string of the molecule is CCN(CC)CCOc1ccc2cc(C#N)c(=O)n(-c3ccc([N+](=O)[O-])cc3)c2c1. The molecule has 1 heterocycles. The molecule has 0 saturated heterocycles. The van der Waals surface area contributed by atoms with E-state index < -0.39 is 10.5 Å². The first-order chi connectivity index (χ1) is 14.5. The molecule has 0 bridgehead atoms. The summed E-state index contributed by atoms with van der Waals surface area (Å²) < 4.78 is 7.26. The van der Waals surface area contributed by atoms with Crippen LogP contribution in [-0.4, -0.2) is 40.6 Å². The molecule has 0 N–H and O–H groups in total. The molecule has 0 amide bonds. The third-order valence-corrected chi connectivity index (χ3v) is 4.99. The fraction of sp³-hybridized carbons (Fsp3) is 0.273. The number of non-ortho nitro benzene ring substituents is 1. The maximum absolute atomic E-state index is 12.9. The quantitative estimate of drug-likeness (QED) is 0.419. The molecule has 0 unspecified atom stereocenters. The van der Waals surface area contributed by atoms with Crippen LogP contribution < -0.4 is 10.3 Å². The first-order valence-electron chi connectivity index (χ1n) is 9.68. The highest BCUT2D eigenvalue weighted by atomic mass is 16.6. The molecule has 0 spiro atoms. The summed E-state index contributed by atoms with van der Waals surface area (Å²) in [5, 5.41) is 21.0. The van der Waals surface area contributed by atoms with E-state index in [0.29, 0.717) is 28.9 Å². The summed E-state index contributed by atoms with van der Waals surface area (Å²) in [5.74, 6) is 0.606. The molecular weight excluding hydrogens is 384 g/mol. The third-order valence-electron chi connectivity index (χ3n) is 4.99. The van der Waals surface area contributed by atoms with Crippen molar-refractivity contribution in [1.29, 1.82) is 5.26 Å². The second-order valence-corrected chi connectivity index (χ2v) is 6.68. The van der Waals surface area contributed by atoms with Crippen LogP contribution in [0.1, 0.15) is 19.4 Å². The van der Waals surface area contributed by atoms with Gasteiger partial charge in [0.15, 0.2) is 0 Å². The number of nitro benzene ring substituents is 1. The van der Waals surface area contributed by atoms with E-state index in [1.807, 2.05) is 6.07 Å². The summed E-state index contributed by atoms with van der Waals surface area (Å²) in [5.41, 5.74) is 0.435. The third kappa shape index (κ3) is 4.31. The van der Waals surface area contributed by atoms with Crippen LogP contribution in [0.25, 0.3) is 16.6 Å². The predicted molar refractivity (Wildman–Crippen MR) is 114 cm³/mol. The van der Waals surface area contributed by atoms with Crippen molar-refractivity contribution in [3.05, 3.63) is 74.6 Å². The first kappa shape index (κ1) is 21.0. The van der Waals surface area contributed by atoms with Crippen LogP contribution in [0.2, 0.25) is 0 Å². The standard InChI is InChI=1S/C22H22N4O4/c1-3-24(4-2)11-12-30-20-10-5-16-13-17(15-23)22(27)25(21(16)14-20)18-6-8-19(9-7-18)26(28)29/h5-10,13-14H,3-4,11-12H2,1-2H3. The molecule has 2 aromatic carbocycles. The average Bonchev–Trinajstić information content (AvgIpc) is 2.76. The smallest absolute Gasteiger partial charge is 0.273 e. The van der Waals surface area contributed by atoms with Gasteiger partial charge in [0, 0.05) is 35.8 Å². The highest BCUT2D eigenvalue weighted by Crippen LogP contribution is 2.24. The Balaban J connectivity index is 2.05. The van der Waals surface area contributed by atoms with Gasteiger partial charge in [-0.1, -0.05) is 13.8 Å². The van der Waals surface area contributed by atoms with E-state index in [9.17, 15) is 20.2 Å². The molecular formula is C22H22N4O4. The van der Waals surface area contributed by atoms with Crippen LogP contribution in [-0.2, 0) is 0 Å². The molecule has 0 radical (unpaired) electrons. The highest BCUT2D eigenvalue weighted by Gasteiger charge is 2.13. The summed E-state index contributed by atoms with van der Waals surface area (Å²) in [6.07, 6.45) is 0. The summed E-state index contributed by atoms with van der Waals surface area (Å²) in [6.45, 7) is 7.35. The zero-order chi connectivity index (χ0) is 21.7. The summed E-state index contributed by atoms with van der Waals surface area (Å²) >= 11 is 0. The minimum absolute atomic E-state index is 0.00365. The number of nitro groups is 1. The van der Waals surface area contributed by atoms with Gasteiger partial charge in [-0.2, -0.15) is 5.26 Å². The van der Waals surface area contributed by atoms with Gasteiger partial charge in [-0.15, -0.1) is 0 Å². The summed E-state index contributed by atoms with van der Waals surface area (Å²) in [7, 11) is 0. The maximum Gasteiger partial charge on any atom is 0.273 e. The number of pyridine rings is 1. The number of likely N-dealkylation sites (N-methyl/N-ethyl adjacent to an activating group) is 1. The molecule has 1 aromatic heterocycles. The van der Waals surface area contributed by atoms with Crippen molar-refractivity contribution in [1.82, 2.24) is 9.47 Å². The Bertz CT molecular complexity index is 1160. The van der Waals surface area contributed by atoms with Crippen molar-refractivity contribution in [3.8, 4) is 17.5 Å². The Morgan fingerprint density at radius 3 is 2.43 bits per heavy atom. The Hall–Kier alpha value is -3.70. The van der Waals surface area contributed by atoms with Crippen LogP contribution in [0.4, 0.5) is 5.69 Å². The fourth-order valence-corrected chi connectivity index (χ4v) is 3.27. The molecule has 0 aliphatic rings. The number of nitrogens with zero attached hydrogens (tertiary/aromatic N) is 4. The van der Waals surface area contributed by atoms with E-state index in [4.69, 9.17) is 4.74 Å². The van der Waals surface area contributed by atoms with Crippen molar-refractivity contribution >= 4 is 16.6 Å². The second kappa shape index (κ2) is 9.20. The Kier molecular flexibility index (Phi) is 6.45. The normalized spacial score (nSPS) is 10.9. The van der Waals surface area contributed by atoms with E-state index in [-0.39, 0.29) is 11.3 Å².